The highest BCUT2D eigenvalue weighted by molar-refractivity contribution is 7.88. The van der Waals surface area contributed by atoms with Gasteiger partial charge in [-0.15, -0.1) is 0 Å². The fraction of sp³-hybridized carbons (Fsp3) is 0.632. The van der Waals surface area contributed by atoms with Gasteiger partial charge in [0.15, 0.2) is 5.65 Å². The van der Waals surface area contributed by atoms with E-state index in [1.807, 2.05) is 18.0 Å². The molecule has 0 bridgehead atoms. The number of rotatable bonds is 3. The lowest BCUT2D eigenvalue weighted by atomic mass is 9.85. The number of carbonyl (C=O) groups is 1. The maximum Gasteiger partial charge on any atom is 0.259 e. The quantitative estimate of drug-likeness (QED) is 0.776. The van der Waals surface area contributed by atoms with E-state index in [0.29, 0.717) is 36.8 Å². The molecular weight excluding hydrogens is 378 g/mol. The predicted octanol–water partition coefficient (Wildman–Crippen LogP) is 1.70. The van der Waals surface area contributed by atoms with E-state index in [0.717, 1.165) is 37.7 Å². The van der Waals surface area contributed by atoms with Gasteiger partial charge >= 0.3 is 0 Å². The van der Waals surface area contributed by atoms with Crippen molar-refractivity contribution in [3.63, 3.8) is 0 Å². The number of aryl methyl sites for hydroxylation is 1. The first kappa shape index (κ1) is 19.3. The SMILES string of the molecule is Cc1cnc2c(C(=O)N3CCC([C@@H]4CCCCN4S(C)(=O)=O)CC3)cnn2c1. The van der Waals surface area contributed by atoms with Crippen molar-refractivity contribution in [3.05, 3.63) is 29.7 Å². The molecule has 0 saturated carbocycles. The highest BCUT2D eigenvalue weighted by atomic mass is 32.2. The molecule has 2 fully saturated rings. The summed E-state index contributed by atoms with van der Waals surface area (Å²) in [6.45, 7) is 3.84. The lowest BCUT2D eigenvalue weighted by Crippen LogP contribution is -2.50. The van der Waals surface area contributed by atoms with Gasteiger partial charge in [-0.1, -0.05) is 6.42 Å². The summed E-state index contributed by atoms with van der Waals surface area (Å²) in [5.74, 6) is 0.261. The number of sulfonamides is 1. The number of fused-ring (bicyclic) bond motifs is 1. The molecule has 2 aliphatic heterocycles. The third kappa shape index (κ3) is 3.65. The lowest BCUT2D eigenvalue weighted by molar-refractivity contribution is 0.0622. The summed E-state index contributed by atoms with van der Waals surface area (Å²) in [5.41, 5.74) is 2.08. The Hall–Kier alpha value is -2.00. The minimum atomic E-state index is -3.18. The fourth-order valence-corrected chi connectivity index (χ4v) is 5.82. The first-order valence-corrected chi connectivity index (χ1v) is 11.8. The zero-order valence-corrected chi connectivity index (χ0v) is 17.2. The second kappa shape index (κ2) is 7.44. The average molecular weight is 406 g/mol. The van der Waals surface area contributed by atoms with Gasteiger partial charge in [-0.2, -0.15) is 9.40 Å². The van der Waals surface area contributed by atoms with Gasteiger partial charge in [0.25, 0.3) is 5.91 Å². The standard InChI is InChI=1S/C19H27N5O3S/c1-14-11-20-18-16(12-21-23(18)13-14)19(25)22-9-6-15(7-10-22)17-5-3-4-8-24(17)28(2,26)27/h11-13,15,17H,3-10H2,1-2H3/t17-/m0/s1. The number of aromatic nitrogens is 3. The second-order valence-corrected chi connectivity index (χ2v) is 9.96. The van der Waals surface area contributed by atoms with Crippen LogP contribution in [0.4, 0.5) is 0 Å². The van der Waals surface area contributed by atoms with E-state index in [4.69, 9.17) is 0 Å². The Labute approximate surface area is 165 Å². The molecular formula is C19H27N5O3S. The maximum absolute atomic E-state index is 13.0. The second-order valence-electron chi connectivity index (χ2n) is 8.02. The Morgan fingerprint density at radius 3 is 2.57 bits per heavy atom. The van der Waals surface area contributed by atoms with Crippen LogP contribution in [-0.2, 0) is 10.0 Å². The van der Waals surface area contributed by atoms with Crippen molar-refractivity contribution >= 4 is 21.6 Å². The van der Waals surface area contributed by atoms with Gasteiger partial charge in [-0.05, 0) is 44.1 Å². The number of nitrogens with zero attached hydrogens (tertiary/aromatic N) is 5. The summed E-state index contributed by atoms with van der Waals surface area (Å²) in [5, 5.41) is 4.25. The summed E-state index contributed by atoms with van der Waals surface area (Å²) in [4.78, 5) is 19.2. The van der Waals surface area contributed by atoms with Crippen LogP contribution in [0.3, 0.4) is 0 Å². The van der Waals surface area contributed by atoms with Gasteiger partial charge < -0.3 is 4.90 Å². The van der Waals surface area contributed by atoms with Gasteiger partial charge in [0.2, 0.25) is 10.0 Å². The van der Waals surface area contributed by atoms with E-state index in [9.17, 15) is 13.2 Å². The van der Waals surface area contributed by atoms with E-state index >= 15 is 0 Å². The molecule has 2 aromatic rings. The van der Waals surface area contributed by atoms with Crippen molar-refractivity contribution in [1.82, 2.24) is 23.8 Å². The predicted molar refractivity (Wildman–Crippen MR) is 106 cm³/mol. The largest absolute Gasteiger partial charge is 0.338 e. The summed E-state index contributed by atoms with van der Waals surface area (Å²) in [6, 6.07) is 0.0719. The summed E-state index contributed by atoms with van der Waals surface area (Å²) < 4.78 is 27.7. The molecule has 0 aliphatic carbocycles. The molecule has 2 aromatic heterocycles. The average Bonchev–Trinajstić information content (AvgIpc) is 3.10. The number of hydrogen-bond acceptors (Lipinski definition) is 5. The minimum Gasteiger partial charge on any atom is -0.338 e. The number of carbonyl (C=O) groups excluding carboxylic acids is 1. The summed E-state index contributed by atoms with van der Waals surface area (Å²) in [6.07, 6.45) is 11.1. The Kier molecular flexibility index (Phi) is 5.13. The molecule has 0 N–H and O–H groups in total. The van der Waals surface area contributed by atoms with Gasteiger partial charge in [-0.3, -0.25) is 4.79 Å². The smallest absolute Gasteiger partial charge is 0.259 e. The van der Waals surface area contributed by atoms with Crippen molar-refractivity contribution in [1.29, 1.82) is 0 Å². The van der Waals surface area contributed by atoms with E-state index < -0.39 is 10.0 Å². The van der Waals surface area contributed by atoms with Crippen LogP contribution >= 0.6 is 0 Å². The monoisotopic (exact) mass is 405 g/mol. The molecule has 152 valence electrons. The molecule has 2 aliphatic rings. The molecule has 1 atom stereocenters. The molecule has 9 heteroatoms. The third-order valence-electron chi connectivity index (χ3n) is 6.01. The zero-order chi connectivity index (χ0) is 19.9. The Morgan fingerprint density at radius 2 is 1.86 bits per heavy atom. The van der Waals surface area contributed by atoms with Crippen LogP contribution in [0.2, 0.25) is 0 Å². The maximum atomic E-state index is 13.0. The van der Waals surface area contributed by atoms with E-state index in [2.05, 4.69) is 10.1 Å². The van der Waals surface area contributed by atoms with Crippen molar-refractivity contribution in [2.45, 2.75) is 45.1 Å². The topological polar surface area (TPSA) is 87.9 Å². The van der Waals surface area contributed by atoms with Gasteiger partial charge in [0, 0.05) is 38.1 Å². The number of amides is 1. The van der Waals surface area contributed by atoms with E-state index in [1.165, 1.54) is 6.26 Å². The Bertz CT molecular complexity index is 979. The minimum absolute atomic E-state index is 0.0478. The van der Waals surface area contributed by atoms with Crippen molar-refractivity contribution in [2.75, 3.05) is 25.9 Å². The van der Waals surface area contributed by atoms with Gasteiger partial charge in [0.05, 0.1) is 12.5 Å². The molecule has 4 rings (SSSR count). The molecule has 1 amide bonds. The van der Waals surface area contributed by atoms with E-state index in [1.54, 1.807) is 21.2 Å². The molecule has 28 heavy (non-hydrogen) atoms. The molecule has 8 nitrogen and oxygen atoms in total. The Morgan fingerprint density at radius 1 is 1.11 bits per heavy atom. The summed E-state index contributed by atoms with van der Waals surface area (Å²) in [7, 11) is -3.18. The highest BCUT2D eigenvalue weighted by Gasteiger charge is 2.37. The number of piperidine rings is 2. The molecule has 0 radical (unpaired) electrons. The zero-order valence-electron chi connectivity index (χ0n) is 16.4. The van der Waals surface area contributed by atoms with Gasteiger partial charge in [0.1, 0.15) is 5.56 Å². The number of hydrogen-bond donors (Lipinski definition) is 0. The van der Waals surface area contributed by atoms with Crippen LogP contribution in [0.1, 0.15) is 48.0 Å². The lowest BCUT2D eigenvalue weighted by Gasteiger charge is -2.42. The number of likely N-dealkylation sites (tertiary alicyclic amines) is 1. The molecule has 4 heterocycles. The van der Waals surface area contributed by atoms with Crippen molar-refractivity contribution in [3.8, 4) is 0 Å². The molecule has 0 unspecified atom stereocenters. The third-order valence-corrected chi connectivity index (χ3v) is 7.32. The van der Waals surface area contributed by atoms with Crippen LogP contribution in [0.15, 0.2) is 18.6 Å². The van der Waals surface area contributed by atoms with Gasteiger partial charge in [-0.25, -0.2) is 17.9 Å². The van der Waals surface area contributed by atoms with Crippen LogP contribution in [-0.4, -0.2) is 70.1 Å². The summed E-state index contributed by atoms with van der Waals surface area (Å²) >= 11 is 0. The van der Waals surface area contributed by atoms with Crippen LogP contribution in [0.5, 0.6) is 0 Å². The van der Waals surface area contributed by atoms with Crippen LogP contribution in [0, 0.1) is 12.8 Å². The fourth-order valence-electron chi connectivity index (χ4n) is 4.59. The molecule has 0 aromatic carbocycles. The van der Waals surface area contributed by atoms with Crippen LogP contribution < -0.4 is 0 Å². The first-order chi connectivity index (χ1) is 13.3. The Balaban J connectivity index is 1.45. The first-order valence-electron chi connectivity index (χ1n) is 9.90. The molecule has 2 saturated heterocycles. The normalized spacial score (nSPS) is 22.6. The molecule has 0 spiro atoms. The van der Waals surface area contributed by atoms with Crippen molar-refractivity contribution < 1.29 is 13.2 Å². The highest BCUT2D eigenvalue weighted by Crippen LogP contribution is 2.32. The van der Waals surface area contributed by atoms with Crippen molar-refractivity contribution in [2.24, 2.45) is 5.92 Å². The van der Waals surface area contributed by atoms with Crippen LogP contribution in [0.25, 0.3) is 5.65 Å². The van der Waals surface area contributed by atoms with E-state index in [-0.39, 0.29) is 11.9 Å².